The van der Waals surface area contributed by atoms with Gasteiger partial charge in [-0.15, -0.1) is 0 Å². The van der Waals surface area contributed by atoms with Crippen LogP contribution in [0.5, 0.6) is 0 Å². The molecule has 0 radical (unpaired) electrons. The minimum absolute atomic E-state index is 0.811. The molecule has 0 saturated carbocycles. The Labute approximate surface area is 179 Å². The van der Waals surface area contributed by atoms with Crippen LogP contribution in [-0.4, -0.2) is 48.1 Å². The number of rotatable bonds is 4. The molecule has 6 heterocycles. The Morgan fingerprint density at radius 1 is 0.903 bits per heavy atom. The molecule has 6 rings (SSSR count). The van der Waals surface area contributed by atoms with Crippen LogP contribution in [0.15, 0.2) is 55.1 Å². The second-order valence-corrected chi connectivity index (χ2v) is 8.23. The maximum Gasteiger partial charge on any atom is 0.135 e. The van der Waals surface area contributed by atoms with E-state index in [0.717, 1.165) is 51.1 Å². The lowest BCUT2D eigenvalue weighted by Crippen LogP contribution is -2.29. The molecular weight excluding hydrogens is 386 g/mol. The molecule has 0 unspecified atom stereocenters. The average Bonchev–Trinajstić information content (AvgIpc) is 3.43. The summed E-state index contributed by atoms with van der Waals surface area (Å²) in [6.45, 7) is 3.29. The summed E-state index contributed by atoms with van der Waals surface area (Å²) < 4.78 is 0. The van der Waals surface area contributed by atoms with Crippen molar-refractivity contribution in [2.45, 2.75) is 25.8 Å². The molecular formula is C24H23N7. The van der Waals surface area contributed by atoms with E-state index >= 15 is 0 Å². The molecule has 0 aliphatic carbocycles. The highest BCUT2D eigenvalue weighted by molar-refractivity contribution is 5.94. The van der Waals surface area contributed by atoms with Crippen molar-refractivity contribution in [2.75, 3.05) is 13.1 Å². The highest BCUT2D eigenvalue weighted by Gasteiger charge is 2.15. The predicted octanol–water partition coefficient (Wildman–Crippen LogP) is 4.55. The molecule has 0 atom stereocenters. The number of fused-ring (bicyclic) bond motifs is 2. The average molecular weight is 409 g/mol. The van der Waals surface area contributed by atoms with E-state index in [1.807, 2.05) is 36.8 Å². The zero-order valence-corrected chi connectivity index (χ0v) is 17.2. The van der Waals surface area contributed by atoms with Gasteiger partial charge in [-0.2, -0.15) is 5.10 Å². The Morgan fingerprint density at radius 2 is 1.84 bits per heavy atom. The summed E-state index contributed by atoms with van der Waals surface area (Å²) in [5, 5.41) is 8.74. The summed E-state index contributed by atoms with van der Waals surface area (Å²) >= 11 is 0. The SMILES string of the molecule is c1cc2cc(-c3n[nH]c4ccc(-c5cncc(CN6CCCCC6)c5)nc34)[nH]c2cn1. The molecule has 5 aromatic heterocycles. The van der Waals surface area contributed by atoms with E-state index in [2.05, 4.69) is 42.2 Å². The molecule has 1 aliphatic rings. The van der Waals surface area contributed by atoms with Crippen LogP contribution in [0.3, 0.4) is 0 Å². The van der Waals surface area contributed by atoms with E-state index in [1.54, 1.807) is 6.20 Å². The van der Waals surface area contributed by atoms with Gasteiger partial charge in [0.2, 0.25) is 0 Å². The molecule has 0 spiro atoms. The molecule has 154 valence electrons. The van der Waals surface area contributed by atoms with Gasteiger partial charge in [-0.1, -0.05) is 6.42 Å². The van der Waals surface area contributed by atoms with Crippen LogP contribution in [-0.2, 0) is 6.54 Å². The summed E-state index contributed by atoms with van der Waals surface area (Å²) in [6.07, 6.45) is 11.4. The zero-order valence-electron chi connectivity index (χ0n) is 17.2. The summed E-state index contributed by atoms with van der Waals surface area (Å²) in [5.41, 5.74) is 7.65. The van der Waals surface area contributed by atoms with Crippen LogP contribution in [0.1, 0.15) is 24.8 Å². The topological polar surface area (TPSA) is 86.4 Å². The van der Waals surface area contributed by atoms with Crippen molar-refractivity contribution in [3.05, 3.63) is 60.7 Å². The Balaban J connectivity index is 1.36. The number of aromatic amines is 2. The molecule has 2 N–H and O–H groups in total. The van der Waals surface area contributed by atoms with Crippen LogP contribution >= 0.6 is 0 Å². The summed E-state index contributed by atoms with van der Waals surface area (Å²) in [7, 11) is 0. The fourth-order valence-corrected chi connectivity index (χ4v) is 4.44. The maximum atomic E-state index is 4.96. The molecule has 7 heteroatoms. The number of nitrogens with one attached hydrogen (secondary N) is 2. The van der Waals surface area contributed by atoms with Gasteiger partial charge in [0.05, 0.1) is 28.6 Å². The molecule has 1 fully saturated rings. The van der Waals surface area contributed by atoms with Crippen molar-refractivity contribution in [3.8, 4) is 22.6 Å². The summed E-state index contributed by atoms with van der Waals surface area (Å²) in [5.74, 6) is 0. The Bertz CT molecular complexity index is 1330. The van der Waals surface area contributed by atoms with E-state index in [9.17, 15) is 0 Å². The van der Waals surface area contributed by atoms with Crippen LogP contribution < -0.4 is 0 Å². The van der Waals surface area contributed by atoms with Crippen LogP contribution in [0.25, 0.3) is 44.6 Å². The molecule has 0 amide bonds. The molecule has 7 nitrogen and oxygen atoms in total. The molecule has 5 aromatic rings. The molecule has 1 saturated heterocycles. The quantitative estimate of drug-likeness (QED) is 0.455. The normalized spacial score (nSPS) is 15.1. The van der Waals surface area contributed by atoms with Gasteiger partial charge < -0.3 is 4.98 Å². The third-order valence-electron chi connectivity index (χ3n) is 6.03. The largest absolute Gasteiger partial charge is 0.352 e. The summed E-state index contributed by atoms with van der Waals surface area (Å²) in [6, 6.07) is 10.4. The maximum absolute atomic E-state index is 4.96. The van der Waals surface area contributed by atoms with Gasteiger partial charge in [0.1, 0.15) is 11.2 Å². The second kappa shape index (κ2) is 7.59. The predicted molar refractivity (Wildman–Crippen MR) is 121 cm³/mol. The van der Waals surface area contributed by atoms with E-state index in [-0.39, 0.29) is 0 Å². The Morgan fingerprint density at radius 3 is 2.74 bits per heavy atom. The lowest BCUT2D eigenvalue weighted by Gasteiger charge is -2.26. The standard InChI is InChI=1S/C24H23N7/c1-2-8-31(9-3-1)15-16-10-18(13-26-12-16)19-4-5-20-23(28-19)24(30-29-20)21-11-17-6-7-25-14-22(17)27-21/h4-7,10-14,27H,1-3,8-9,15H2,(H,29,30). The number of nitrogens with zero attached hydrogens (tertiary/aromatic N) is 5. The first-order valence-corrected chi connectivity index (χ1v) is 10.8. The van der Waals surface area contributed by atoms with Crippen molar-refractivity contribution < 1.29 is 0 Å². The first-order valence-electron chi connectivity index (χ1n) is 10.8. The molecule has 31 heavy (non-hydrogen) atoms. The fraction of sp³-hybridized carbons (Fsp3) is 0.250. The number of hydrogen-bond acceptors (Lipinski definition) is 5. The number of H-pyrrole nitrogens is 2. The van der Waals surface area contributed by atoms with Crippen molar-refractivity contribution in [1.29, 1.82) is 0 Å². The highest BCUT2D eigenvalue weighted by Crippen LogP contribution is 2.29. The van der Waals surface area contributed by atoms with Gasteiger partial charge in [-0.25, -0.2) is 4.98 Å². The van der Waals surface area contributed by atoms with Gasteiger partial charge in [-0.3, -0.25) is 20.0 Å². The van der Waals surface area contributed by atoms with E-state index in [0.29, 0.717) is 0 Å². The third-order valence-corrected chi connectivity index (χ3v) is 6.03. The molecule has 0 bridgehead atoms. The van der Waals surface area contributed by atoms with Crippen molar-refractivity contribution in [2.24, 2.45) is 0 Å². The van der Waals surface area contributed by atoms with Crippen molar-refractivity contribution in [1.82, 2.24) is 35.0 Å². The van der Waals surface area contributed by atoms with E-state index < -0.39 is 0 Å². The number of hydrogen-bond donors (Lipinski definition) is 2. The van der Waals surface area contributed by atoms with E-state index in [1.165, 1.54) is 37.9 Å². The van der Waals surface area contributed by atoms with Crippen molar-refractivity contribution in [3.63, 3.8) is 0 Å². The Hall–Kier alpha value is -3.58. The lowest BCUT2D eigenvalue weighted by atomic mass is 10.1. The van der Waals surface area contributed by atoms with Gasteiger partial charge in [0.25, 0.3) is 0 Å². The number of likely N-dealkylation sites (tertiary alicyclic amines) is 1. The van der Waals surface area contributed by atoms with Crippen LogP contribution in [0, 0.1) is 0 Å². The first kappa shape index (κ1) is 18.2. The monoisotopic (exact) mass is 409 g/mol. The van der Waals surface area contributed by atoms with Gasteiger partial charge in [-0.05, 0) is 61.8 Å². The lowest BCUT2D eigenvalue weighted by molar-refractivity contribution is 0.220. The fourth-order valence-electron chi connectivity index (χ4n) is 4.44. The number of piperidine rings is 1. The zero-order chi connectivity index (χ0) is 20.6. The Kier molecular flexibility index (Phi) is 4.46. The minimum Gasteiger partial charge on any atom is -0.352 e. The minimum atomic E-state index is 0.811. The first-order chi connectivity index (χ1) is 15.3. The smallest absolute Gasteiger partial charge is 0.135 e. The van der Waals surface area contributed by atoms with Gasteiger partial charge in [0, 0.05) is 36.1 Å². The van der Waals surface area contributed by atoms with Gasteiger partial charge >= 0.3 is 0 Å². The summed E-state index contributed by atoms with van der Waals surface area (Å²) in [4.78, 5) is 19.6. The highest BCUT2D eigenvalue weighted by atomic mass is 15.1. The van der Waals surface area contributed by atoms with Crippen LogP contribution in [0.2, 0.25) is 0 Å². The number of aromatic nitrogens is 6. The molecule has 0 aromatic carbocycles. The van der Waals surface area contributed by atoms with Crippen molar-refractivity contribution >= 4 is 21.9 Å². The second-order valence-electron chi connectivity index (χ2n) is 8.23. The van der Waals surface area contributed by atoms with Gasteiger partial charge in [0.15, 0.2) is 0 Å². The molecule has 1 aliphatic heterocycles. The third kappa shape index (κ3) is 3.47. The van der Waals surface area contributed by atoms with Crippen LogP contribution in [0.4, 0.5) is 0 Å². The number of pyridine rings is 3. The van der Waals surface area contributed by atoms with E-state index in [4.69, 9.17) is 4.98 Å².